The Balaban J connectivity index is 2.28. The molecule has 3 nitrogen and oxygen atoms in total. The highest BCUT2D eigenvalue weighted by Crippen LogP contribution is 2.30. The molecule has 15 heavy (non-hydrogen) atoms. The van der Waals surface area contributed by atoms with Crippen LogP contribution in [0.2, 0.25) is 0 Å². The molecule has 1 unspecified atom stereocenters. The van der Waals surface area contributed by atoms with Crippen molar-refractivity contribution in [1.29, 1.82) is 0 Å². The van der Waals surface area contributed by atoms with Gasteiger partial charge < -0.3 is 10.0 Å². The van der Waals surface area contributed by atoms with E-state index in [0.717, 1.165) is 35.2 Å². The Kier molecular flexibility index (Phi) is 3.26. The van der Waals surface area contributed by atoms with Crippen LogP contribution in [0, 0.1) is 6.92 Å². The smallest absolute Gasteiger partial charge is 0.143 e. The van der Waals surface area contributed by atoms with Gasteiger partial charge in [0.05, 0.1) is 17.1 Å². The summed E-state index contributed by atoms with van der Waals surface area (Å²) in [6.45, 7) is 3.22. The molecule has 0 aromatic carbocycles. The summed E-state index contributed by atoms with van der Waals surface area (Å²) in [6.07, 6.45) is 4.05. The van der Waals surface area contributed by atoms with Crippen molar-refractivity contribution in [3.8, 4) is 0 Å². The fourth-order valence-corrected chi connectivity index (χ4v) is 2.73. The molecule has 0 radical (unpaired) electrons. The summed E-state index contributed by atoms with van der Waals surface area (Å²) in [4.78, 5) is 6.61. The monoisotopic (exact) mass is 270 g/mol. The minimum Gasteiger partial charge on any atom is -0.394 e. The van der Waals surface area contributed by atoms with E-state index in [1.54, 1.807) is 0 Å². The molecule has 1 aliphatic rings. The van der Waals surface area contributed by atoms with Crippen molar-refractivity contribution in [2.45, 2.75) is 25.8 Å². The number of anilines is 1. The zero-order valence-corrected chi connectivity index (χ0v) is 10.4. The zero-order valence-electron chi connectivity index (χ0n) is 8.78. The highest BCUT2D eigenvalue weighted by molar-refractivity contribution is 9.10. The second-order valence-electron chi connectivity index (χ2n) is 3.99. The van der Waals surface area contributed by atoms with Crippen LogP contribution in [-0.2, 0) is 0 Å². The second kappa shape index (κ2) is 4.49. The first-order valence-corrected chi connectivity index (χ1v) is 6.01. The first-order chi connectivity index (χ1) is 7.22. The summed E-state index contributed by atoms with van der Waals surface area (Å²) in [7, 11) is 0. The summed E-state index contributed by atoms with van der Waals surface area (Å²) < 4.78 is 1.02. The van der Waals surface area contributed by atoms with E-state index in [0.29, 0.717) is 0 Å². The van der Waals surface area contributed by atoms with Gasteiger partial charge in [0.25, 0.3) is 0 Å². The number of rotatable bonds is 2. The maximum Gasteiger partial charge on any atom is 0.143 e. The molecule has 1 aromatic rings. The van der Waals surface area contributed by atoms with Gasteiger partial charge in [0.15, 0.2) is 0 Å². The third-order valence-corrected chi connectivity index (χ3v) is 3.40. The Morgan fingerprint density at radius 1 is 1.67 bits per heavy atom. The molecular formula is C11H15BrN2O. The lowest BCUT2D eigenvalue weighted by molar-refractivity contribution is 0.266. The maximum absolute atomic E-state index is 9.26. The lowest BCUT2D eigenvalue weighted by atomic mass is 10.2. The molecule has 1 aromatic heterocycles. The minimum atomic E-state index is 0.210. The number of aromatic nitrogens is 1. The number of aliphatic hydroxyl groups excluding tert-OH is 1. The lowest BCUT2D eigenvalue weighted by Gasteiger charge is -2.25. The molecule has 4 heteroatoms. The van der Waals surface area contributed by atoms with Crippen LogP contribution in [-0.4, -0.2) is 29.3 Å². The predicted molar refractivity (Wildman–Crippen MR) is 64.1 cm³/mol. The van der Waals surface area contributed by atoms with Crippen molar-refractivity contribution in [1.82, 2.24) is 4.98 Å². The zero-order chi connectivity index (χ0) is 10.8. The largest absolute Gasteiger partial charge is 0.394 e. The molecule has 1 atom stereocenters. The van der Waals surface area contributed by atoms with Crippen LogP contribution in [0.5, 0.6) is 0 Å². The normalized spacial score (nSPS) is 21.0. The summed E-state index contributed by atoms with van der Waals surface area (Å²) >= 11 is 3.53. The standard InChI is InChI=1S/C11H15BrN2O/c1-8-5-10(12)11(13-6-8)14-4-2-3-9(14)7-15/h5-6,9,15H,2-4,7H2,1H3. The Morgan fingerprint density at radius 3 is 3.13 bits per heavy atom. The fraction of sp³-hybridized carbons (Fsp3) is 0.545. The van der Waals surface area contributed by atoms with Gasteiger partial charge in [0, 0.05) is 12.7 Å². The van der Waals surface area contributed by atoms with Crippen LogP contribution < -0.4 is 4.90 Å². The number of hydrogen-bond acceptors (Lipinski definition) is 3. The Morgan fingerprint density at radius 2 is 2.47 bits per heavy atom. The molecule has 0 saturated carbocycles. The van der Waals surface area contributed by atoms with Gasteiger partial charge in [0.2, 0.25) is 0 Å². The van der Waals surface area contributed by atoms with Crippen LogP contribution in [0.25, 0.3) is 0 Å². The fourth-order valence-electron chi connectivity index (χ4n) is 2.04. The molecule has 0 spiro atoms. The van der Waals surface area contributed by atoms with Gasteiger partial charge in [-0.05, 0) is 47.3 Å². The van der Waals surface area contributed by atoms with Crippen molar-refractivity contribution in [3.05, 3.63) is 22.3 Å². The molecule has 1 N–H and O–H groups in total. The van der Waals surface area contributed by atoms with Crippen LogP contribution in [0.15, 0.2) is 16.7 Å². The third kappa shape index (κ3) is 2.16. The van der Waals surface area contributed by atoms with E-state index in [-0.39, 0.29) is 12.6 Å². The van der Waals surface area contributed by atoms with Crippen molar-refractivity contribution in [2.24, 2.45) is 0 Å². The Labute approximate surface area is 98.3 Å². The van der Waals surface area contributed by atoms with Crippen LogP contribution in [0.4, 0.5) is 5.82 Å². The highest BCUT2D eigenvalue weighted by Gasteiger charge is 2.26. The highest BCUT2D eigenvalue weighted by atomic mass is 79.9. The molecule has 1 fully saturated rings. The van der Waals surface area contributed by atoms with Crippen LogP contribution in [0.3, 0.4) is 0 Å². The Hall–Kier alpha value is -0.610. The topological polar surface area (TPSA) is 36.4 Å². The molecule has 2 rings (SSSR count). The van der Waals surface area contributed by atoms with Gasteiger partial charge in [-0.1, -0.05) is 0 Å². The van der Waals surface area contributed by atoms with Crippen molar-refractivity contribution >= 4 is 21.7 Å². The summed E-state index contributed by atoms with van der Waals surface area (Å²) in [6, 6.07) is 2.30. The Bertz CT molecular complexity index is 356. The van der Waals surface area contributed by atoms with Crippen LogP contribution >= 0.6 is 15.9 Å². The van der Waals surface area contributed by atoms with Gasteiger partial charge in [-0.15, -0.1) is 0 Å². The van der Waals surface area contributed by atoms with Gasteiger partial charge in [-0.2, -0.15) is 0 Å². The summed E-state index contributed by atoms with van der Waals surface area (Å²) in [5.41, 5.74) is 1.14. The predicted octanol–water partition coefficient (Wildman–Crippen LogP) is 2.11. The molecule has 0 aliphatic carbocycles. The molecule has 82 valence electrons. The quantitative estimate of drug-likeness (QED) is 0.895. The van der Waals surface area contributed by atoms with Crippen molar-refractivity contribution in [3.63, 3.8) is 0 Å². The number of aliphatic hydroxyl groups is 1. The number of nitrogens with zero attached hydrogens (tertiary/aromatic N) is 2. The molecule has 1 aliphatic heterocycles. The van der Waals surface area contributed by atoms with Gasteiger partial charge in [-0.25, -0.2) is 4.98 Å². The van der Waals surface area contributed by atoms with Crippen LogP contribution in [0.1, 0.15) is 18.4 Å². The van der Waals surface area contributed by atoms with Gasteiger partial charge in [0.1, 0.15) is 5.82 Å². The average molecular weight is 271 g/mol. The van der Waals surface area contributed by atoms with E-state index in [1.807, 2.05) is 13.1 Å². The summed E-state index contributed by atoms with van der Waals surface area (Å²) in [5.74, 6) is 0.956. The first kappa shape index (κ1) is 10.9. The third-order valence-electron chi connectivity index (χ3n) is 2.82. The lowest BCUT2D eigenvalue weighted by Crippen LogP contribution is -2.32. The molecule has 1 saturated heterocycles. The average Bonchev–Trinajstić information content (AvgIpc) is 2.65. The van der Waals surface area contributed by atoms with Gasteiger partial charge in [-0.3, -0.25) is 0 Å². The maximum atomic E-state index is 9.26. The minimum absolute atomic E-state index is 0.210. The molecule has 2 heterocycles. The number of halogens is 1. The summed E-state index contributed by atoms with van der Waals surface area (Å²) in [5, 5.41) is 9.26. The SMILES string of the molecule is Cc1cnc(N2CCCC2CO)c(Br)c1. The van der Waals surface area contributed by atoms with E-state index in [2.05, 4.69) is 31.9 Å². The van der Waals surface area contributed by atoms with E-state index in [1.165, 1.54) is 0 Å². The first-order valence-electron chi connectivity index (χ1n) is 5.22. The second-order valence-corrected chi connectivity index (χ2v) is 4.84. The van der Waals surface area contributed by atoms with Gasteiger partial charge >= 0.3 is 0 Å². The van der Waals surface area contributed by atoms with E-state index < -0.39 is 0 Å². The van der Waals surface area contributed by atoms with E-state index in [9.17, 15) is 5.11 Å². The number of aryl methyl sites for hydroxylation is 1. The van der Waals surface area contributed by atoms with E-state index in [4.69, 9.17) is 0 Å². The molecule has 0 amide bonds. The van der Waals surface area contributed by atoms with Crippen molar-refractivity contribution < 1.29 is 5.11 Å². The molecule has 0 bridgehead atoms. The van der Waals surface area contributed by atoms with E-state index >= 15 is 0 Å². The number of hydrogen-bond donors (Lipinski definition) is 1. The van der Waals surface area contributed by atoms with Crippen molar-refractivity contribution in [2.75, 3.05) is 18.1 Å². The molecular weight excluding hydrogens is 256 g/mol. The number of pyridine rings is 1.